The molecule has 0 amide bonds. The fourth-order valence-corrected chi connectivity index (χ4v) is 2.64. The van der Waals surface area contributed by atoms with E-state index in [2.05, 4.69) is 10.3 Å². The number of aromatic hydroxyl groups is 1. The van der Waals surface area contributed by atoms with E-state index in [0.717, 1.165) is 16.8 Å². The molecule has 0 spiro atoms. The Hall–Kier alpha value is -1.91. The first-order chi connectivity index (χ1) is 10.0. The topological polar surface area (TPSA) is 58.3 Å². The Balaban J connectivity index is 1.83. The van der Waals surface area contributed by atoms with E-state index in [-0.39, 0.29) is 10.8 Å². The van der Waals surface area contributed by atoms with Gasteiger partial charge in [0.2, 0.25) is 0 Å². The minimum atomic E-state index is 0.0342. The maximum atomic E-state index is 9.92. The molecular weight excluding hydrogens is 311 g/mol. The Bertz CT molecular complexity index is 815. The number of rotatable bonds is 3. The van der Waals surface area contributed by atoms with Crippen LogP contribution in [0.2, 0.25) is 10.0 Å². The molecule has 0 saturated heterocycles. The SMILES string of the molecule is Cc1nc2cc(NCc3cc(Cl)cc(Cl)c3O)ccc2o1. The smallest absolute Gasteiger partial charge is 0.192 e. The lowest BCUT2D eigenvalue weighted by Crippen LogP contribution is -2.00. The molecule has 4 nitrogen and oxygen atoms in total. The molecule has 3 rings (SSSR count). The van der Waals surface area contributed by atoms with Crippen LogP contribution in [0, 0.1) is 6.92 Å². The highest BCUT2D eigenvalue weighted by molar-refractivity contribution is 6.35. The number of phenols is 1. The molecule has 0 radical (unpaired) electrons. The lowest BCUT2D eigenvalue weighted by atomic mass is 10.2. The normalized spacial score (nSPS) is 11.0. The van der Waals surface area contributed by atoms with Crippen LogP contribution in [0.5, 0.6) is 5.75 Å². The van der Waals surface area contributed by atoms with Crippen LogP contribution in [0.4, 0.5) is 5.69 Å². The van der Waals surface area contributed by atoms with E-state index in [0.29, 0.717) is 23.0 Å². The summed E-state index contributed by atoms with van der Waals surface area (Å²) in [7, 11) is 0. The molecule has 0 aliphatic carbocycles. The van der Waals surface area contributed by atoms with Crippen molar-refractivity contribution in [3.8, 4) is 5.75 Å². The Morgan fingerprint density at radius 2 is 2.05 bits per heavy atom. The van der Waals surface area contributed by atoms with Crippen molar-refractivity contribution in [3.05, 3.63) is 51.8 Å². The number of nitrogens with zero attached hydrogens (tertiary/aromatic N) is 1. The number of aromatic nitrogens is 1. The molecule has 0 saturated carbocycles. The number of phenolic OH excluding ortho intramolecular Hbond substituents is 1. The van der Waals surface area contributed by atoms with Crippen molar-refractivity contribution in [1.82, 2.24) is 4.98 Å². The quantitative estimate of drug-likeness (QED) is 0.729. The first-order valence-corrected chi connectivity index (χ1v) is 7.06. The summed E-state index contributed by atoms with van der Waals surface area (Å²) in [5.41, 5.74) is 3.02. The molecule has 6 heteroatoms. The van der Waals surface area contributed by atoms with Gasteiger partial charge in [0.1, 0.15) is 11.3 Å². The van der Waals surface area contributed by atoms with Crippen molar-refractivity contribution in [2.45, 2.75) is 13.5 Å². The summed E-state index contributed by atoms with van der Waals surface area (Å²) in [4.78, 5) is 4.28. The predicted octanol–water partition coefficient (Wildman–Crippen LogP) is 4.76. The van der Waals surface area contributed by atoms with Crippen molar-refractivity contribution in [3.63, 3.8) is 0 Å². The molecule has 2 aromatic carbocycles. The van der Waals surface area contributed by atoms with Crippen LogP contribution in [0.25, 0.3) is 11.1 Å². The van der Waals surface area contributed by atoms with Crippen LogP contribution < -0.4 is 5.32 Å². The third-order valence-corrected chi connectivity index (χ3v) is 3.59. The van der Waals surface area contributed by atoms with E-state index in [1.165, 1.54) is 6.07 Å². The minimum absolute atomic E-state index is 0.0342. The third-order valence-electron chi connectivity index (χ3n) is 3.08. The van der Waals surface area contributed by atoms with Gasteiger partial charge in [-0.2, -0.15) is 0 Å². The van der Waals surface area contributed by atoms with Crippen LogP contribution in [-0.2, 0) is 6.54 Å². The van der Waals surface area contributed by atoms with E-state index < -0.39 is 0 Å². The van der Waals surface area contributed by atoms with Gasteiger partial charge in [-0.1, -0.05) is 23.2 Å². The number of aryl methyl sites for hydroxylation is 1. The number of hydrogen-bond donors (Lipinski definition) is 2. The second-order valence-corrected chi connectivity index (χ2v) is 5.51. The fraction of sp³-hybridized carbons (Fsp3) is 0.133. The van der Waals surface area contributed by atoms with E-state index >= 15 is 0 Å². The fourth-order valence-electron chi connectivity index (χ4n) is 2.10. The molecule has 2 N–H and O–H groups in total. The van der Waals surface area contributed by atoms with Gasteiger partial charge in [0.05, 0.1) is 5.02 Å². The number of benzene rings is 2. The molecule has 0 unspecified atom stereocenters. The maximum Gasteiger partial charge on any atom is 0.192 e. The highest BCUT2D eigenvalue weighted by Gasteiger charge is 2.08. The lowest BCUT2D eigenvalue weighted by Gasteiger charge is -2.09. The molecule has 3 aromatic rings. The van der Waals surface area contributed by atoms with Crippen LogP contribution >= 0.6 is 23.2 Å². The van der Waals surface area contributed by atoms with Crippen LogP contribution in [0.3, 0.4) is 0 Å². The highest BCUT2D eigenvalue weighted by Crippen LogP contribution is 2.31. The molecule has 1 aromatic heterocycles. The van der Waals surface area contributed by atoms with Gasteiger partial charge in [0.25, 0.3) is 0 Å². The number of fused-ring (bicyclic) bond motifs is 1. The Kier molecular flexibility index (Phi) is 3.66. The molecule has 108 valence electrons. The average Bonchev–Trinajstić information content (AvgIpc) is 2.80. The van der Waals surface area contributed by atoms with E-state index in [1.54, 1.807) is 13.0 Å². The Morgan fingerprint density at radius 3 is 2.86 bits per heavy atom. The summed E-state index contributed by atoms with van der Waals surface area (Å²) in [5, 5.41) is 13.8. The second kappa shape index (κ2) is 5.47. The zero-order valence-electron chi connectivity index (χ0n) is 11.2. The van der Waals surface area contributed by atoms with E-state index in [1.807, 2.05) is 18.2 Å². The monoisotopic (exact) mass is 322 g/mol. The molecule has 0 aliphatic rings. The van der Waals surface area contributed by atoms with Gasteiger partial charge in [-0.05, 0) is 30.3 Å². The molecule has 0 bridgehead atoms. The highest BCUT2D eigenvalue weighted by atomic mass is 35.5. The number of oxazole rings is 1. The third kappa shape index (κ3) is 2.91. The van der Waals surface area contributed by atoms with Gasteiger partial charge in [-0.25, -0.2) is 4.98 Å². The average molecular weight is 323 g/mol. The summed E-state index contributed by atoms with van der Waals surface area (Å²) >= 11 is 11.8. The van der Waals surface area contributed by atoms with Crippen molar-refractivity contribution < 1.29 is 9.52 Å². The van der Waals surface area contributed by atoms with Gasteiger partial charge in [0, 0.05) is 29.7 Å². The second-order valence-electron chi connectivity index (χ2n) is 4.66. The molecule has 21 heavy (non-hydrogen) atoms. The van der Waals surface area contributed by atoms with Gasteiger partial charge in [-0.15, -0.1) is 0 Å². The summed E-state index contributed by atoms with van der Waals surface area (Å²) in [6.45, 7) is 2.20. The number of anilines is 1. The predicted molar refractivity (Wildman–Crippen MR) is 84.2 cm³/mol. The van der Waals surface area contributed by atoms with E-state index in [4.69, 9.17) is 27.6 Å². The molecular formula is C15H12Cl2N2O2. The van der Waals surface area contributed by atoms with Crippen LogP contribution in [0.15, 0.2) is 34.7 Å². The lowest BCUT2D eigenvalue weighted by molar-refractivity contribution is 0.469. The van der Waals surface area contributed by atoms with Crippen molar-refractivity contribution in [2.24, 2.45) is 0 Å². The van der Waals surface area contributed by atoms with Gasteiger partial charge in [0.15, 0.2) is 11.5 Å². The zero-order chi connectivity index (χ0) is 15.0. The summed E-state index contributed by atoms with van der Waals surface area (Å²) in [6, 6.07) is 8.80. The molecule has 0 fully saturated rings. The van der Waals surface area contributed by atoms with Crippen molar-refractivity contribution in [1.29, 1.82) is 0 Å². The van der Waals surface area contributed by atoms with E-state index in [9.17, 15) is 5.11 Å². The standard InChI is InChI=1S/C15H12Cl2N2O2/c1-8-19-13-6-11(2-3-14(13)21-8)18-7-9-4-10(16)5-12(17)15(9)20/h2-6,18,20H,7H2,1H3. The van der Waals surface area contributed by atoms with Crippen molar-refractivity contribution in [2.75, 3.05) is 5.32 Å². The number of halogens is 2. The minimum Gasteiger partial charge on any atom is -0.506 e. The number of nitrogens with one attached hydrogen (secondary N) is 1. The largest absolute Gasteiger partial charge is 0.506 e. The van der Waals surface area contributed by atoms with Gasteiger partial charge in [-0.3, -0.25) is 0 Å². The summed E-state index contributed by atoms with van der Waals surface area (Å²) in [6.07, 6.45) is 0. The first-order valence-electron chi connectivity index (χ1n) is 6.31. The summed E-state index contributed by atoms with van der Waals surface area (Å²) < 4.78 is 5.42. The zero-order valence-corrected chi connectivity index (χ0v) is 12.7. The molecule has 1 heterocycles. The Morgan fingerprint density at radius 1 is 1.24 bits per heavy atom. The number of hydrogen-bond acceptors (Lipinski definition) is 4. The molecule has 0 aliphatic heterocycles. The van der Waals surface area contributed by atoms with Gasteiger partial charge >= 0.3 is 0 Å². The van der Waals surface area contributed by atoms with Crippen LogP contribution in [0.1, 0.15) is 11.5 Å². The summed E-state index contributed by atoms with van der Waals surface area (Å²) in [5.74, 6) is 0.661. The van der Waals surface area contributed by atoms with Gasteiger partial charge < -0.3 is 14.8 Å². The molecule has 0 atom stereocenters. The first kappa shape index (κ1) is 14.0. The van der Waals surface area contributed by atoms with Crippen molar-refractivity contribution >= 4 is 40.0 Å². The maximum absolute atomic E-state index is 9.92. The Labute approximate surface area is 131 Å². The van der Waals surface area contributed by atoms with Crippen LogP contribution in [-0.4, -0.2) is 10.1 Å².